The van der Waals surface area contributed by atoms with Gasteiger partial charge in [-0.25, -0.2) is 4.39 Å². The van der Waals surface area contributed by atoms with Gasteiger partial charge in [-0.2, -0.15) is 0 Å². The Bertz CT molecular complexity index is 430. The quantitative estimate of drug-likeness (QED) is 0.617. The zero-order chi connectivity index (χ0) is 15.0. The number of ether oxygens (including phenoxy) is 1. The van der Waals surface area contributed by atoms with Gasteiger partial charge in [-0.05, 0) is 12.8 Å². The Morgan fingerprint density at radius 1 is 1.33 bits per heavy atom. The summed E-state index contributed by atoms with van der Waals surface area (Å²) in [6, 6.07) is 0. The first-order chi connectivity index (χ1) is 9.99. The minimum atomic E-state index is -1.54. The topological polar surface area (TPSA) is 66.8 Å². The van der Waals surface area contributed by atoms with Crippen molar-refractivity contribution in [1.29, 1.82) is 0 Å². The number of fused-ring (bicyclic) bond motifs is 1. The summed E-state index contributed by atoms with van der Waals surface area (Å²) in [5.74, 6) is -0.508. The SMILES string of the molecule is O=C1C[C@H]2[C@H](C=C[C@@H](O)C3(F)CCCCC3)[C@@H](O)C[C@H]2O1. The average Bonchev–Trinajstić information content (AvgIpc) is 2.92. The van der Waals surface area contributed by atoms with Crippen molar-refractivity contribution >= 4 is 5.97 Å². The van der Waals surface area contributed by atoms with E-state index in [0.717, 1.165) is 19.3 Å². The van der Waals surface area contributed by atoms with Crippen molar-refractivity contribution in [3.05, 3.63) is 12.2 Å². The summed E-state index contributed by atoms with van der Waals surface area (Å²) in [7, 11) is 0. The van der Waals surface area contributed by atoms with Crippen molar-refractivity contribution in [2.24, 2.45) is 11.8 Å². The van der Waals surface area contributed by atoms with Gasteiger partial charge in [0, 0.05) is 18.3 Å². The molecule has 2 N–H and O–H groups in total. The first-order valence-electron chi connectivity index (χ1n) is 7.92. The molecule has 3 aliphatic rings. The van der Waals surface area contributed by atoms with Crippen molar-refractivity contribution < 1.29 is 24.1 Å². The highest BCUT2D eigenvalue weighted by molar-refractivity contribution is 5.72. The van der Waals surface area contributed by atoms with Gasteiger partial charge in [0.2, 0.25) is 0 Å². The maximum Gasteiger partial charge on any atom is 0.306 e. The van der Waals surface area contributed by atoms with E-state index in [4.69, 9.17) is 4.74 Å². The monoisotopic (exact) mass is 298 g/mol. The number of aliphatic hydroxyl groups is 2. The Morgan fingerprint density at radius 2 is 2.05 bits per heavy atom. The predicted molar refractivity (Wildman–Crippen MR) is 74.2 cm³/mol. The van der Waals surface area contributed by atoms with Crippen LogP contribution in [0.2, 0.25) is 0 Å². The largest absolute Gasteiger partial charge is 0.462 e. The molecule has 21 heavy (non-hydrogen) atoms. The van der Waals surface area contributed by atoms with Crippen LogP contribution in [-0.4, -0.2) is 40.2 Å². The smallest absolute Gasteiger partial charge is 0.306 e. The second kappa shape index (κ2) is 5.69. The number of alkyl halides is 1. The molecule has 2 aliphatic carbocycles. The lowest BCUT2D eigenvalue weighted by atomic mass is 9.81. The molecule has 0 aromatic heterocycles. The third-order valence-electron chi connectivity index (χ3n) is 5.31. The van der Waals surface area contributed by atoms with E-state index in [1.165, 1.54) is 6.08 Å². The number of rotatable bonds is 3. The molecule has 0 unspecified atom stereocenters. The highest BCUT2D eigenvalue weighted by Crippen LogP contribution is 2.42. The molecule has 3 fully saturated rings. The molecular weight excluding hydrogens is 275 g/mol. The van der Waals surface area contributed by atoms with Gasteiger partial charge in [-0.15, -0.1) is 0 Å². The number of halogens is 1. The first kappa shape index (κ1) is 15.0. The van der Waals surface area contributed by atoms with E-state index in [1.54, 1.807) is 6.08 Å². The molecule has 5 heteroatoms. The van der Waals surface area contributed by atoms with Crippen LogP contribution >= 0.6 is 0 Å². The van der Waals surface area contributed by atoms with Crippen LogP contribution in [0.4, 0.5) is 4.39 Å². The highest BCUT2D eigenvalue weighted by Gasteiger charge is 2.48. The molecule has 0 amide bonds. The van der Waals surface area contributed by atoms with Gasteiger partial charge < -0.3 is 14.9 Å². The zero-order valence-electron chi connectivity index (χ0n) is 12.1. The van der Waals surface area contributed by atoms with Gasteiger partial charge in [0.05, 0.1) is 12.5 Å². The van der Waals surface area contributed by atoms with Crippen LogP contribution < -0.4 is 0 Å². The van der Waals surface area contributed by atoms with E-state index in [9.17, 15) is 19.4 Å². The fourth-order valence-electron chi connectivity index (χ4n) is 4.03. The maximum absolute atomic E-state index is 14.6. The molecule has 1 heterocycles. The van der Waals surface area contributed by atoms with E-state index in [2.05, 4.69) is 0 Å². The van der Waals surface area contributed by atoms with E-state index < -0.39 is 17.9 Å². The summed E-state index contributed by atoms with van der Waals surface area (Å²) in [4.78, 5) is 11.3. The second-order valence-corrected chi connectivity index (χ2v) is 6.70. The molecule has 1 saturated heterocycles. The molecular formula is C16H23FO4. The van der Waals surface area contributed by atoms with E-state index in [0.29, 0.717) is 25.7 Å². The van der Waals surface area contributed by atoms with Gasteiger partial charge in [-0.3, -0.25) is 4.79 Å². The average molecular weight is 298 g/mol. The van der Waals surface area contributed by atoms with Gasteiger partial charge >= 0.3 is 5.97 Å². The molecule has 0 aromatic rings. The minimum Gasteiger partial charge on any atom is -0.462 e. The van der Waals surface area contributed by atoms with Gasteiger partial charge in [-0.1, -0.05) is 31.4 Å². The summed E-state index contributed by atoms with van der Waals surface area (Å²) in [6.45, 7) is 0. The Balaban J connectivity index is 1.66. The summed E-state index contributed by atoms with van der Waals surface area (Å²) in [6.07, 6.45) is 5.36. The maximum atomic E-state index is 14.6. The lowest BCUT2D eigenvalue weighted by Crippen LogP contribution is -2.38. The molecule has 0 bridgehead atoms. The first-order valence-corrected chi connectivity index (χ1v) is 7.92. The van der Waals surface area contributed by atoms with Crippen molar-refractivity contribution in [1.82, 2.24) is 0 Å². The highest BCUT2D eigenvalue weighted by atomic mass is 19.1. The second-order valence-electron chi connectivity index (χ2n) is 6.70. The lowest BCUT2D eigenvalue weighted by molar-refractivity contribution is -0.141. The summed E-state index contributed by atoms with van der Waals surface area (Å²) in [5, 5.41) is 20.2. The Labute approximate surface area is 124 Å². The number of carbonyl (C=O) groups excluding carboxylic acids is 1. The fraction of sp³-hybridized carbons (Fsp3) is 0.812. The zero-order valence-corrected chi connectivity index (χ0v) is 12.1. The van der Waals surface area contributed by atoms with Crippen molar-refractivity contribution in [2.75, 3.05) is 0 Å². The predicted octanol–water partition coefficient (Wildman–Crippen LogP) is 1.89. The number of esters is 1. The molecule has 4 nitrogen and oxygen atoms in total. The molecule has 0 spiro atoms. The van der Waals surface area contributed by atoms with Crippen LogP contribution in [0.5, 0.6) is 0 Å². The molecule has 2 saturated carbocycles. The van der Waals surface area contributed by atoms with Crippen LogP contribution in [0.3, 0.4) is 0 Å². The molecule has 5 atom stereocenters. The van der Waals surface area contributed by atoms with Crippen LogP contribution in [0.25, 0.3) is 0 Å². The Morgan fingerprint density at radius 3 is 2.76 bits per heavy atom. The summed E-state index contributed by atoms with van der Waals surface area (Å²) < 4.78 is 19.8. The van der Waals surface area contributed by atoms with E-state index >= 15 is 0 Å². The number of hydrogen-bond acceptors (Lipinski definition) is 4. The number of aliphatic hydroxyl groups excluding tert-OH is 2. The number of hydrogen-bond donors (Lipinski definition) is 2. The standard InChI is InChI=1S/C16H23FO4/c17-16(6-2-1-3-7-16)14(19)5-4-10-11-8-15(20)21-13(11)9-12(10)18/h4-5,10-14,18-19H,1-3,6-9H2/t10-,11-,12-,13+,14+/m0/s1. The molecule has 1 aliphatic heterocycles. The molecule has 0 radical (unpaired) electrons. The van der Waals surface area contributed by atoms with Crippen LogP contribution in [-0.2, 0) is 9.53 Å². The van der Waals surface area contributed by atoms with E-state index in [1.807, 2.05) is 0 Å². The van der Waals surface area contributed by atoms with Crippen molar-refractivity contribution in [3.8, 4) is 0 Å². The fourth-order valence-corrected chi connectivity index (χ4v) is 4.03. The normalized spacial score (nSPS) is 40.2. The Hall–Kier alpha value is -0.940. The minimum absolute atomic E-state index is 0.0436. The van der Waals surface area contributed by atoms with Gasteiger partial charge in [0.25, 0.3) is 0 Å². The summed E-state index contributed by atoms with van der Waals surface area (Å²) >= 11 is 0. The third kappa shape index (κ3) is 2.86. The molecule has 3 rings (SSSR count). The Kier molecular flexibility index (Phi) is 4.06. The van der Waals surface area contributed by atoms with Crippen molar-refractivity contribution in [2.45, 2.75) is 68.9 Å². The van der Waals surface area contributed by atoms with Crippen LogP contribution in [0.15, 0.2) is 12.2 Å². The molecule has 0 aromatic carbocycles. The van der Waals surface area contributed by atoms with Crippen LogP contribution in [0.1, 0.15) is 44.9 Å². The van der Waals surface area contributed by atoms with Gasteiger partial charge in [0.15, 0.2) is 0 Å². The van der Waals surface area contributed by atoms with E-state index in [-0.39, 0.29) is 23.9 Å². The lowest BCUT2D eigenvalue weighted by Gasteiger charge is -2.32. The van der Waals surface area contributed by atoms with Gasteiger partial charge in [0.1, 0.15) is 17.9 Å². The third-order valence-corrected chi connectivity index (χ3v) is 5.31. The van der Waals surface area contributed by atoms with Crippen molar-refractivity contribution in [3.63, 3.8) is 0 Å². The number of carbonyl (C=O) groups is 1. The molecule has 118 valence electrons. The van der Waals surface area contributed by atoms with Crippen LogP contribution in [0, 0.1) is 11.8 Å². The summed E-state index contributed by atoms with van der Waals surface area (Å²) in [5.41, 5.74) is -1.54.